The minimum atomic E-state index is 0.433. The fraction of sp³-hybridized carbons (Fsp3) is 0.471. The Hall–Kier alpha value is -1.39. The van der Waals surface area contributed by atoms with Gasteiger partial charge in [-0.2, -0.15) is 0 Å². The lowest BCUT2D eigenvalue weighted by molar-refractivity contribution is 0.416. The molecule has 1 aromatic heterocycles. The first-order chi connectivity index (χ1) is 10.2. The number of nitrogens with one attached hydrogen (secondary N) is 1. The summed E-state index contributed by atoms with van der Waals surface area (Å²) in [5.74, 6) is 1.32. The third-order valence-electron chi connectivity index (χ3n) is 3.32. The zero-order valence-electron chi connectivity index (χ0n) is 13.3. The van der Waals surface area contributed by atoms with Gasteiger partial charge in [-0.25, -0.2) is 4.98 Å². The highest BCUT2D eigenvalue weighted by atomic mass is 32.1. The molecule has 3 nitrogen and oxygen atoms in total. The van der Waals surface area contributed by atoms with Crippen LogP contribution < -0.4 is 10.1 Å². The van der Waals surface area contributed by atoms with E-state index in [-0.39, 0.29) is 0 Å². The van der Waals surface area contributed by atoms with Gasteiger partial charge >= 0.3 is 0 Å². The van der Waals surface area contributed by atoms with Crippen LogP contribution in [-0.4, -0.2) is 18.6 Å². The number of thiazole rings is 1. The third kappa shape index (κ3) is 3.83. The second-order valence-electron chi connectivity index (χ2n) is 5.36. The van der Waals surface area contributed by atoms with Crippen molar-refractivity contribution in [3.63, 3.8) is 0 Å². The summed E-state index contributed by atoms with van der Waals surface area (Å²) in [6.07, 6.45) is 1.15. The Kier molecular flexibility index (Phi) is 5.76. The van der Waals surface area contributed by atoms with E-state index in [0.29, 0.717) is 5.92 Å². The maximum Gasteiger partial charge on any atom is 0.129 e. The van der Waals surface area contributed by atoms with Gasteiger partial charge in [0.1, 0.15) is 10.8 Å². The standard InChI is InChI=1S/C17H24N2OS/c1-5-10-18-11-15-16(12(2)3)19-17(21-15)13-8-6-7-9-14(13)20-4/h6-9,12,18H,5,10-11H2,1-4H3. The molecular weight excluding hydrogens is 280 g/mol. The quantitative estimate of drug-likeness (QED) is 0.768. The van der Waals surface area contributed by atoms with Gasteiger partial charge in [0.05, 0.1) is 18.4 Å². The number of hydrogen-bond acceptors (Lipinski definition) is 4. The average molecular weight is 304 g/mol. The normalized spacial score (nSPS) is 11.1. The summed E-state index contributed by atoms with van der Waals surface area (Å²) in [5, 5.41) is 4.52. The smallest absolute Gasteiger partial charge is 0.129 e. The molecule has 1 heterocycles. The first kappa shape index (κ1) is 16.0. The van der Waals surface area contributed by atoms with Crippen LogP contribution in [0, 0.1) is 0 Å². The Labute approximate surface area is 131 Å². The van der Waals surface area contributed by atoms with E-state index in [1.807, 2.05) is 18.2 Å². The van der Waals surface area contributed by atoms with Gasteiger partial charge in [0.25, 0.3) is 0 Å². The van der Waals surface area contributed by atoms with Gasteiger partial charge < -0.3 is 10.1 Å². The Morgan fingerprint density at radius 3 is 2.71 bits per heavy atom. The molecule has 0 saturated heterocycles. The van der Waals surface area contributed by atoms with Gasteiger partial charge in [-0.15, -0.1) is 11.3 Å². The molecule has 21 heavy (non-hydrogen) atoms. The first-order valence-electron chi connectivity index (χ1n) is 7.51. The summed E-state index contributed by atoms with van der Waals surface area (Å²) in [4.78, 5) is 6.20. The predicted molar refractivity (Wildman–Crippen MR) is 90.2 cm³/mol. The highest BCUT2D eigenvalue weighted by Crippen LogP contribution is 2.36. The average Bonchev–Trinajstić information content (AvgIpc) is 2.92. The van der Waals surface area contributed by atoms with Crippen LogP contribution in [0.15, 0.2) is 24.3 Å². The molecule has 0 radical (unpaired) electrons. The van der Waals surface area contributed by atoms with Crippen molar-refractivity contribution in [3.8, 4) is 16.3 Å². The molecule has 0 fully saturated rings. The maximum atomic E-state index is 5.46. The minimum absolute atomic E-state index is 0.433. The fourth-order valence-corrected chi connectivity index (χ4v) is 3.47. The Morgan fingerprint density at radius 2 is 2.05 bits per heavy atom. The number of para-hydroxylation sites is 1. The van der Waals surface area contributed by atoms with E-state index in [2.05, 4.69) is 32.2 Å². The largest absolute Gasteiger partial charge is 0.496 e. The molecule has 1 N–H and O–H groups in total. The lowest BCUT2D eigenvalue weighted by Gasteiger charge is -2.05. The van der Waals surface area contributed by atoms with Crippen molar-refractivity contribution < 1.29 is 4.74 Å². The molecule has 2 aromatic rings. The lowest BCUT2D eigenvalue weighted by atomic mass is 10.1. The summed E-state index contributed by atoms with van der Waals surface area (Å²) in [7, 11) is 1.71. The topological polar surface area (TPSA) is 34.1 Å². The molecule has 0 unspecified atom stereocenters. The molecule has 1 aromatic carbocycles. The second kappa shape index (κ2) is 7.57. The van der Waals surface area contributed by atoms with E-state index in [1.165, 1.54) is 10.6 Å². The van der Waals surface area contributed by atoms with Gasteiger partial charge in [0, 0.05) is 11.4 Å². The molecule has 4 heteroatoms. The van der Waals surface area contributed by atoms with Crippen molar-refractivity contribution in [1.29, 1.82) is 0 Å². The van der Waals surface area contributed by atoms with Crippen molar-refractivity contribution >= 4 is 11.3 Å². The van der Waals surface area contributed by atoms with E-state index in [9.17, 15) is 0 Å². The van der Waals surface area contributed by atoms with Crippen LogP contribution in [-0.2, 0) is 6.54 Å². The lowest BCUT2D eigenvalue weighted by Crippen LogP contribution is -2.14. The van der Waals surface area contributed by atoms with E-state index in [0.717, 1.165) is 35.8 Å². The third-order valence-corrected chi connectivity index (χ3v) is 4.43. The first-order valence-corrected chi connectivity index (χ1v) is 8.32. The number of aromatic nitrogens is 1. The summed E-state index contributed by atoms with van der Waals surface area (Å²) >= 11 is 1.77. The SMILES string of the molecule is CCCNCc1sc(-c2ccccc2OC)nc1C(C)C. The molecule has 0 amide bonds. The molecule has 0 aliphatic carbocycles. The Bertz CT molecular complexity index is 578. The highest BCUT2D eigenvalue weighted by Gasteiger charge is 2.17. The summed E-state index contributed by atoms with van der Waals surface area (Å²) in [6.45, 7) is 8.52. The minimum Gasteiger partial charge on any atom is -0.496 e. The fourth-order valence-electron chi connectivity index (χ4n) is 2.26. The number of ether oxygens (including phenoxy) is 1. The van der Waals surface area contributed by atoms with E-state index in [4.69, 9.17) is 9.72 Å². The number of hydrogen-bond donors (Lipinski definition) is 1. The predicted octanol–water partition coefficient (Wildman–Crippen LogP) is 4.44. The van der Waals surface area contributed by atoms with Crippen LogP contribution in [0.2, 0.25) is 0 Å². The molecule has 0 bridgehead atoms. The van der Waals surface area contributed by atoms with Gasteiger partial charge in [-0.3, -0.25) is 0 Å². The molecule has 114 valence electrons. The number of rotatable bonds is 7. The zero-order chi connectivity index (χ0) is 15.2. The maximum absolute atomic E-state index is 5.46. The van der Waals surface area contributed by atoms with Crippen molar-refractivity contribution in [2.75, 3.05) is 13.7 Å². The van der Waals surface area contributed by atoms with E-state index >= 15 is 0 Å². The van der Waals surface area contributed by atoms with Crippen LogP contribution in [0.25, 0.3) is 10.6 Å². The van der Waals surface area contributed by atoms with Crippen LogP contribution in [0.1, 0.15) is 43.7 Å². The summed E-state index contributed by atoms with van der Waals surface area (Å²) in [5.41, 5.74) is 2.28. The van der Waals surface area contributed by atoms with Crippen molar-refractivity contribution in [2.24, 2.45) is 0 Å². The van der Waals surface area contributed by atoms with Gasteiger partial charge in [-0.1, -0.05) is 32.9 Å². The van der Waals surface area contributed by atoms with Gasteiger partial charge in [-0.05, 0) is 31.0 Å². The number of methoxy groups -OCH3 is 1. The van der Waals surface area contributed by atoms with Crippen LogP contribution in [0.3, 0.4) is 0 Å². The van der Waals surface area contributed by atoms with Gasteiger partial charge in [0.15, 0.2) is 0 Å². The Balaban J connectivity index is 2.34. The summed E-state index contributed by atoms with van der Waals surface area (Å²) in [6, 6.07) is 8.08. The summed E-state index contributed by atoms with van der Waals surface area (Å²) < 4.78 is 5.46. The van der Waals surface area contributed by atoms with Crippen LogP contribution in [0.5, 0.6) is 5.75 Å². The van der Waals surface area contributed by atoms with Crippen LogP contribution in [0.4, 0.5) is 0 Å². The second-order valence-corrected chi connectivity index (χ2v) is 6.44. The molecule has 0 aliphatic rings. The van der Waals surface area contributed by atoms with E-state index in [1.54, 1.807) is 18.4 Å². The van der Waals surface area contributed by atoms with E-state index < -0.39 is 0 Å². The zero-order valence-corrected chi connectivity index (χ0v) is 14.1. The van der Waals surface area contributed by atoms with Crippen molar-refractivity contribution in [2.45, 2.75) is 39.7 Å². The highest BCUT2D eigenvalue weighted by molar-refractivity contribution is 7.15. The van der Waals surface area contributed by atoms with Crippen molar-refractivity contribution in [1.82, 2.24) is 10.3 Å². The van der Waals surface area contributed by atoms with Crippen molar-refractivity contribution in [3.05, 3.63) is 34.8 Å². The van der Waals surface area contributed by atoms with Gasteiger partial charge in [0.2, 0.25) is 0 Å². The number of nitrogens with zero attached hydrogens (tertiary/aromatic N) is 1. The molecule has 0 aliphatic heterocycles. The molecule has 0 spiro atoms. The molecular formula is C17H24N2OS. The van der Waals surface area contributed by atoms with Crippen LogP contribution >= 0.6 is 11.3 Å². The molecule has 0 atom stereocenters. The monoisotopic (exact) mass is 304 g/mol. The molecule has 0 saturated carbocycles. The number of benzene rings is 1. The molecule has 2 rings (SSSR count). The Morgan fingerprint density at radius 1 is 1.29 bits per heavy atom.